The number of amides is 1. The quantitative estimate of drug-likeness (QED) is 0.740. The summed E-state index contributed by atoms with van der Waals surface area (Å²) in [5.41, 5.74) is -0.124. The molecule has 2 aromatic rings. The molecule has 4 atom stereocenters. The van der Waals surface area contributed by atoms with E-state index in [1.165, 1.54) is 0 Å². The third-order valence-corrected chi connectivity index (χ3v) is 5.88. The zero-order valence-electron chi connectivity index (χ0n) is 15.5. The number of rotatable bonds is 3. The zero-order valence-corrected chi connectivity index (χ0v) is 15.5. The highest BCUT2D eigenvalue weighted by Crippen LogP contribution is 2.47. The third-order valence-electron chi connectivity index (χ3n) is 5.88. The van der Waals surface area contributed by atoms with Crippen LogP contribution in [0.3, 0.4) is 0 Å². The van der Waals surface area contributed by atoms with Gasteiger partial charge in [0.1, 0.15) is 0 Å². The smallest absolute Gasteiger partial charge is 0.338 e. The van der Waals surface area contributed by atoms with Gasteiger partial charge in [-0.1, -0.05) is 36.4 Å². The average molecular weight is 393 g/mol. The van der Waals surface area contributed by atoms with E-state index >= 15 is 0 Å². The lowest BCUT2D eigenvalue weighted by Crippen LogP contribution is -2.64. The highest BCUT2D eigenvalue weighted by atomic mass is 16.6. The van der Waals surface area contributed by atoms with E-state index in [1.54, 1.807) is 53.4 Å². The maximum atomic E-state index is 13.1. The Kier molecular flexibility index (Phi) is 4.13. The summed E-state index contributed by atoms with van der Waals surface area (Å²) < 4.78 is 17.3. The fourth-order valence-electron chi connectivity index (χ4n) is 4.48. The second kappa shape index (κ2) is 6.70. The molecule has 0 aromatic heterocycles. The summed E-state index contributed by atoms with van der Waals surface area (Å²) in [7, 11) is 0. The number of fused-ring (bicyclic) bond motifs is 1. The van der Waals surface area contributed by atoms with E-state index < -0.39 is 35.8 Å². The van der Waals surface area contributed by atoms with E-state index in [9.17, 15) is 14.4 Å². The molecule has 148 valence electrons. The van der Waals surface area contributed by atoms with Gasteiger partial charge in [0.05, 0.1) is 31.2 Å². The molecule has 0 aliphatic carbocycles. The molecule has 2 bridgehead atoms. The standard InChI is InChI=1S/C22H19NO6/c24-18-11-22-17(28-18)12-23(20(25)14-7-3-1-4-8-14)16(13-27-22)19(22)29-21(26)15-9-5-2-6-10-15/h1-10,16-17,19H,11-13H2/t16-,17+,19-,22-/m1/s1. The Labute approximate surface area is 167 Å². The van der Waals surface area contributed by atoms with Crippen LogP contribution in [-0.4, -0.2) is 59.7 Å². The minimum absolute atomic E-state index is 0.00820. The lowest BCUT2D eigenvalue weighted by Gasteiger charge is -2.43. The van der Waals surface area contributed by atoms with Crippen molar-refractivity contribution in [3.8, 4) is 0 Å². The van der Waals surface area contributed by atoms with Crippen molar-refractivity contribution >= 4 is 17.8 Å². The van der Waals surface area contributed by atoms with Gasteiger partial charge in [0.25, 0.3) is 5.91 Å². The highest BCUT2D eigenvalue weighted by molar-refractivity contribution is 5.95. The molecule has 29 heavy (non-hydrogen) atoms. The normalized spacial score (nSPS) is 29.9. The van der Waals surface area contributed by atoms with Gasteiger partial charge in [-0.15, -0.1) is 0 Å². The number of nitrogens with zero attached hydrogens (tertiary/aromatic N) is 1. The summed E-state index contributed by atoms with van der Waals surface area (Å²) in [5.74, 6) is -1.14. The summed E-state index contributed by atoms with van der Waals surface area (Å²) in [6.45, 7) is 0.391. The van der Waals surface area contributed by atoms with Gasteiger partial charge >= 0.3 is 11.9 Å². The number of ether oxygens (including phenoxy) is 3. The van der Waals surface area contributed by atoms with Crippen LogP contribution >= 0.6 is 0 Å². The number of hydrogen-bond donors (Lipinski definition) is 0. The fraction of sp³-hybridized carbons (Fsp3) is 0.318. The lowest BCUT2D eigenvalue weighted by atomic mass is 9.82. The first-order valence-corrected chi connectivity index (χ1v) is 9.54. The number of esters is 2. The molecular weight excluding hydrogens is 374 g/mol. The maximum absolute atomic E-state index is 13.1. The molecule has 3 aliphatic rings. The fourth-order valence-corrected chi connectivity index (χ4v) is 4.48. The van der Waals surface area contributed by atoms with Crippen LogP contribution in [0.25, 0.3) is 0 Å². The molecule has 3 saturated heterocycles. The van der Waals surface area contributed by atoms with Gasteiger partial charge in [-0.25, -0.2) is 4.79 Å². The molecular formula is C22H19NO6. The minimum atomic E-state index is -1.04. The third kappa shape index (κ3) is 2.81. The molecule has 1 spiro atoms. The number of likely N-dealkylation sites (tertiary alicyclic amines) is 1. The Morgan fingerprint density at radius 2 is 1.66 bits per heavy atom. The Bertz CT molecular complexity index is 962. The van der Waals surface area contributed by atoms with Crippen LogP contribution < -0.4 is 0 Å². The van der Waals surface area contributed by atoms with Crippen molar-refractivity contribution in [3.05, 3.63) is 71.8 Å². The first-order chi connectivity index (χ1) is 14.1. The lowest BCUT2D eigenvalue weighted by molar-refractivity contribution is -0.148. The van der Waals surface area contributed by atoms with Gasteiger partial charge < -0.3 is 19.1 Å². The van der Waals surface area contributed by atoms with Crippen molar-refractivity contribution < 1.29 is 28.6 Å². The number of carbonyl (C=O) groups is 3. The van der Waals surface area contributed by atoms with Crippen LogP contribution in [0.5, 0.6) is 0 Å². The summed E-state index contributed by atoms with van der Waals surface area (Å²) in [4.78, 5) is 39.6. The van der Waals surface area contributed by atoms with E-state index in [4.69, 9.17) is 14.2 Å². The number of carbonyl (C=O) groups excluding carboxylic acids is 3. The Morgan fingerprint density at radius 1 is 1.00 bits per heavy atom. The largest absolute Gasteiger partial charge is 0.457 e. The topological polar surface area (TPSA) is 82.1 Å². The molecule has 7 nitrogen and oxygen atoms in total. The number of hydrogen-bond acceptors (Lipinski definition) is 6. The molecule has 0 saturated carbocycles. The van der Waals surface area contributed by atoms with Crippen LogP contribution in [0.2, 0.25) is 0 Å². The van der Waals surface area contributed by atoms with Crippen molar-refractivity contribution in [2.24, 2.45) is 0 Å². The van der Waals surface area contributed by atoms with E-state index in [0.717, 1.165) is 0 Å². The van der Waals surface area contributed by atoms with Crippen LogP contribution in [-0.2, 0) is 19.0 Å². The van der Waals surface area contributed by atoms with E-state index in [2.05, 4.69) is 0 Å². The molecule has 1 amide bonds. The van der Waals surface area contributed by atoms with Gasteiger partial charge in [-0.05, 0) is 24.3 Å². The van der Waals surface area contributed by atoms with Crippen LogP contribution in [0.4, 0.5) is 0 Å². The van der Waals surface area contributed by atoms with Gasteiger partial charge in [0.15, 0.2) is 17.8 Å². The van der Waals surface area contributed by atoms with Crippen LogP contribution in [0.15, 0.2) is 60.7 Å². The average Bonchev–Trinajstić information content (AvgIpc) is 3.22. The van der Waals surface area contributed by atoms with E-state index in [1.807, 2.05) is 12.1 Å². The minimum Gasteiger partial charge on any atom is -0.457 e. The van der Waals surface area contributed by atoms with Gasteiger partial charge in [-0.3, -0.25) is 9.59 Å². The molecule has 3 heterocycles. The molecule has 2 aromatic carbocycles. The molecule has 3 fully saturated rings. The van der Waals surface area contributed by atoms with Gasteiger partial charge in [-0.2, -0.15) is 0 Å². The molecule has 7 heteroatoms. The van der Waals surface area contributed by atoms with Gasteiger partial charge in [0, 0.05) is 5.56 Å². The monoisotopic (exact) mass is 393 g/mol. The van der Waals surface area contributed by atoms with Crippen molar-refractivity contribution in [1.29, 1.82) is 0 Å². The Balaban J connectivity index is 1.48. The maximum Gasteiger partial charge on any atom is 0.338 e. The first-order valence-electron chi connectivity index (χ1n) is 9.54. The Hall–Kier alpha value is -3.19. The van der Waals surface area contributed by atoms with Crippen molar-refractivity contribution in [2.45, 2.75) is 30.3 Å². The predicted molar refractivity (Wildman–Crippen MR) is 100 cm³/mol. The van der Waals surface area contributed by atoms with Crippen LogP contribution in [0.1, 0.15) is 27.1 Å². The highest BCUT2D eigenvalue weighted by Gasteiger charge is 2.68. The summed E-state index contributed by atoms with van der Waals surface area (Å²) >= 11 is 0. The first kappa shape index (κ1) is 17.9. The number of piperidine rings is 1. The summed E-state index contributed by atoms with van der Waals surface area (Å²) in [6.07, 6.45) is -1.45. The molecule has 0 N–H and O–H groups in total. The van der Waals surface area contributed by atoms with Crippen LogP contribution in [0, 0.1) is 0 Å². The number of benzene rings is 2. The van der Waals surface area contributed by atoms with Crippen molar-refractivity contribution in [2.75, 3.05) is 13.2 Å². The summed E-state index contributed by atoms with van der Waals surface area (Å²) in [5, 5.41) is 0. The van der Waals surface area contributed by atoms with Gasteiger partial charge in [0.2, 0.25) is 0 Å². The molecule has 0 radical (unpaired) electrons. The Morgan fingerprint density at radius 3 is 2.34 bits per heavy atom. The van der Waals surface area contributed by atoms with Crippen molar-refractivity contribution in [1.82, 2.24) is 4.90 Å². The molecule has 0 unspecified atom stereocenters. The second-order valence-electron chi connectivity index (χ2n) is 7.50. The molecule has 5 rings (SSSR count). The van der Waals surface area contributed by atoms with E-state index in [0.29, 0.717) is 11.1 Å². The zero-order chi connectivity index (χ0) is 20.0. The molecule has 3 aliphatic heterocycles. The SMILES string of the molecule is O=C1C[C@]23OC[C@H]([C@H]2OC(=O)c2ccccc2)N(C(=O)c2ccccc2)C[C@@H]3O1. The predicted octanol–water partition coefficient (Wildman–Crippen LogP) is 1.82. The van der Waals surface area contributed by atoms with E-state index in [-0.39, 0.29) is 25.5 Å². The van der Waals surface area contributed by atoms with Crippen molar-refractivity contribution in [3.63, 3.8) is 0 Å². The summed E-state index contributed by atoms with van der Waals surface area (Å²) in [6, 6.07) is 17.0. The second-order valence-corrected chi connectivity index (χ2v) is 7.50.